The molecular formula is C17H20N4O2. The average molecular weight is 312 g/mol. The maximum Gasteiger partial charge on any atom is 0.230 e. The summed E-state index contributed by atoms with van der Waals surface area (Å²) >= 11 is 0. The van der Waals surface area contributed by atoms with Crippen molar-refractivity contribution in [2.75, 3.05) is 0 Å². The van der Waals surface area contributed by atoms with Crippen molar-refractivity contribution in [1.82, 2.24) is 20.0 Å². The summed E-state index contributed by atoms with van der Waals surface area (Å²) in [6.45, 7) is 1.94. The van der Waals surface area contributed by atoms with Crippen LogP contribution in [0.5, 0.6) is 0 Å². The van der Waals surface area contributed by atoms with Crippen molar-refractivity contribution in [2.45, 2.75) is 57.0 Å². The van der Waals surface area contributed by atoms with Gasteiger partial charge in [0.05, 0.1) is 0 Å². The number of amides is 1. The number of carbonyl (C=O) groups is 1. The van der Waals surface area contributed by atoms with Crippen molar-refractivity contribution < 1.29 is 9.32 Å². The monoisotopic (exact) mass is 312 g/mol. The highest BCUT2D eigenvalue weighted by Crippen LogP contribution is 2.43. The van der Waals surface area contributed by atoms with Crippen LogP contribution in [0, 0.1) is 0 Å². The zero-order valence-corrected chi connectivity index (χ0v) is 13.2. The molecule has 1 amide bonds. The number of hydrogen-bond acceptors (Lipinski definition) is 5. The van der Waals surface area contributed by atoms with Gasteiger partial charge in [-0.2, -0.15) is 4.98 Å². The van der Waals surface area contributed by atoms with Gasteiger partial charge < -0.3 is 9.42 Å². The summed E-state index contributed by atoms with van der Waals surface area (Å²) in [7, 11) is 0. The lowest BCUT2D eigenvalue weighted by Gasteiger charge is -2.37. The van der Waals surface area contributed by atoms with E-state index in [-0.39, 0.29) is 11.8 Å². The van der Waals surface area contributed by atoms with Crippen LogP contribution < -0.4 is 0 Å². The molecule has 1 unspecified atom stereocenters. The van der Waals surface area contributed by atoms with E-state index < -0.39 is 0 Å². The normalized spacial score (nSPS) is 26.5. The van der Waals surface area contributed by atoms with E-state index in [1.54, 1.807) is 12.4 Å². The van der Waals surface area contributed by atoms with Crippen LogP contribution in [0.3, 0.4) is 0 Å². The van der Waals surface area contributed by atoms with Crippen molar-refractivity contribution in [3.8, 4) is 11.4 Å². The smallest absolute Gasteiger partial charge is 0.230 e. The summed E-state index contributed by atoms with van der Waals surface area (Å²) in [4.78, 5) is 22.9. The fourth-order valence-electron chi connectivity index (χ4n) is 3.98. The van der Waals surface area contributed by atoms with Gasteiger partial charge in [0.25, 0.3) is 0 Å². The van der Waals surface area contributed by atoms with Gasteiger partial charge in [-0.05, 0) is 37.8 Å². The summed E-state index contributed by atoms with van der Waals surface area (Å²) in [6.07, 6.45) is 8.09. The minimum Gasteiger partial charge on any atom is -0.339 e. The van der Waals surface area contributed by atoms with Crippen molar-refractivity contribution in [3.63, 3.8) is 0 Å². The Bertz CT molecular complexity index is 686. The molecule has 0 radical (unpaired) electrons. The highest BCUT2D eigenvalue weighted by molar-refractivity contribution is 5.77. The molecular weight excluding hydrogens is 292 g/mol. The third kappa shape index (κ3) is 2.52. The molecule has 6 heteroatoms. The molecule has 4 heterocycles. The quantitative estimate of drug-likeness (QED) is 0.871. The van der Waals surface area contributed by atoms with Gasteiger partial charge in [0.1, 0.15) is 0 Å². The highest BCUT2D eigenvalue weighted by atomic mass is 16.5. The maximum atomic E-state index is 12.1. The molecule has 120 valence electrons. The Morgan fingerprint density at radius 3 is 2.78 bits per heavy atom. The van der Waals surface area contributed by atoms with Gasteiger partial charge >= 0.3 is 0 Å². The second-order valence-electron chi connectivity index (χ2n) is 6.41. The fraction of sp³-hybridized carbons (Fsp3) is 0.529. The van der Waals surface area contributed by atoms with E-state index in [0.717, 1.165) is 31.2 Å². The van der Waals surface area contributed by atoms with Gasteiger partial charge in [-0.25, -0.2) is 0 Å². The Kier molecular flexibility index (Phi) is 3.59. The summed E-state index contributed by atoms with van der Waals surface area (Å²) in [6, 6.07) is 4.45. The average Bonchev–Trinajstić information content (AvgIpc) is 3.18. The zero-order chi connectivity index (χ0) is 15.8. The number of carbonyl (C=O) groups excluding carboxylic acids is 1. The number of hydrogen-bond donors (Lipinski definition) is 0. The first-order valence-corrected chi connectivity index (χ1v) is 8.31. The number of nitrogens with zero attached hydrogens (tertiary/aromatic N) is 4. The molecule has 2 saturated heterocycles. The molecule has 2 fully saturated rings. The van der Waals surface area contributed by atoms with E-state index >= 15 is 0 Å². The third-order valence-electron chi connectivity index (χ3n) is 5.03. The maximum absolute atomic E-state index is 12.1. The predicted molar refractivity (Wildman–Crippen MR) is 83.5 cm³/mol. The van der Waals surface area contributed by atoms with Crippen LogP contribution in [0.4, 0.5) is 0 Å². The second-order valence-corrected chi connectivity index (χ2v) is 6.41. The number of rotatable bonds is 3. The first kappa shape index (κ1) is 14.4. The lowest BCUT2D eigenvalue weighted by atomic mass is 9.90. The van der Waals surface area contributed by atoms with Crippen molar-refractivity contribution in [1.29, 1.82) is 0 Å². The molecule has 2 bridgehead atoms. The molecule has 0 N–H and O–H groups in total. The summed E-state index contributed by atoms with van der Waals surface area (Å²) in [5.41, 5.74) is 0.865. The highest BCUT2D eigenvalue weighted by Gasteiger charge is 2.44. The van der Waals surface area contributed by atoms with E-state index in [4.69, 9.17) is 4.52 Å². The van der Waals surface area contributed by atoms with E-state index in [2.05, 4.69) is 20.0 Å². The van der Waals surface area contributed by atoms with E-state index in [9.17, 15) is 4.79 Å². The van der Waals surface area contributed by atoms with Crippen molar-refractivity contribution >= 4 is 5.91 Å². The van der Waals surface area contributed by atoms with Gasteiger partial charge in [0.2, 0.25) is 17.6 Å². The Balaban J connectivity index is 1.53. The Morgan fingerprint density at radius 1 is 1.35 bits per heavy atom. The van der Waals surface area contributed by atoms with Crippen molar-refractivity contribution in [3.05, 3.63) is 30.4 Å². The molecule has 3 atom stereocenters. The second kappa shape index (κ2) is 5.76. The van der Waals surface area contributed by atoms with Crippen LogP contribution in [0.15, 0.2) is 29.0 Å². The van der Waals surface area contributed by atoms with Gasteiger partial charge in [0, 0.05) is 42.4 Å². The van der Waals surface area contributed by atoms with Gasteiger partial charge in [-0.15, -0.1) is 0 Å². The number of fused-ring (bicyclic) bond motifs is 2. The summed E-state index contributed by atoms with van der Waals surface area (Å²) in [5, 5.41) is 4.10. The van der Waals surface area contributed by atoms with Crippen LogP contribution >= 0.6 is 0 Å². The zero-order valence-electron chi connectivity index (χ0n) is 13.2. The molecule has 6 nitrogen and oxygen atoms in total. The van der Waals surface area contributed by atoms with Gasteiger partial charge in [-0.1, -0.05) is 12.1 Å². The molecule has 0 saturated carbocycles. The topological polar surface area (TPSA) is 72.1 Å². The first-order chi connectivity index (χ1) is 11.3. The standard InChI is InChI=1S/C17H20N4O2/c1-2-15(22)21-13-5-6-14(21)9-12(8-13)17-19-16(20-23-17)11-4-3-7-18-10-11/h3-4,7,10,12-14H,2,5-6,8-9H2,1H3/t12?,13-,14+. The molecule has 0 spiro atoms. The molecule has 4 rings (SSSR count). The van der Waals surface area contributed by atoms with Gasteiger partial charge in [-0.3, -0.25) is 9.78 Å². The number of pyridine rings is 1. The largest absolute Gasteiger partial charge is 0.339 e. The minimum absolute atomic E-state index is 0.256. The number of aromatic nitrogens is 3. The lowest BCUT2D eigenvalue weighted by molar-refractivity contribution is -0.135. The lowest BCUT2D eigenvalue weighted by Crippen LogP contribution is -2.45. The minimum atomic E-state index is 0.256. The van der Waals surface area contributed by atoms with Crippen molar-refractivity contribution in [2.24, 2.45) is 0 Å². The first-order valence-electron chi connectivity index (χ1n) is 8.31. The number of piperidine rings is 1. The summed E-state index contributed by atoms with van der Waals surface area (Å²) in [5.74, 6) is 1.82. The van der Waals surface area contributed by atoms with E-state index in [0.29, 0.717) is 30.2 Å². The molecule has 0 aromatic carbocycles. The molecule has 23 heavy (non-hydrogen) atoms. The Morgan fingerprint density at radius 2 is 2.13 bits per heavy atom. The van der Waals surface area contributed by atoms with Crippen LogP contribution in [0.2, 0.25) is 0 Å². The van der Waals surface area contributed by atoms with E-state index in [1.165, 1.54) is 0 Å². The Labute approximate surface area is 134 Å². The molecule has 0 aliphatic carbocycles. The SMILES string of the molecule is CCC(=O)N1[C@@H]2CC[C@H]1CC(c1nc(-c3cccnc3)no1)C2. The van der Waals surface area contributed by atoms with Crippen LogP contribution in [-0.4, -0.2) is 38.0 Å². The van der Waals surface area contributed by atoms with E-state index in [1.807, 2.05) is 19.1 Å². The van der Waals surface area contributed by atoms with Crippen LogP contribution in [0.25, 0.3) is 11.4 Å². The van der Waals surface area contributed by atoms with Crippen LogP contribution in [-0.2, 0) is 4.79 Å². The predicted octanol–water partition coefficient (Wildman–Crippen LogP) is 2.78. The fourth-order valence-corrected chi connectivity index (χ4v) is 3.98. The van der Waals surface area contributed by atoms with Gasteiger partial charge in [0.15, 0.2) is 0 Å². The Hall–Kier alpha value is -2.24. The molecule has 2 aromatic heterocycles. The molecule has 2 aliphatic rings. The molecule has 2 aromatic rings. The summed E-state index contributed by atoms with van der Waals surface area (Å²) < 4.78 is 5.51. The third-order valence-corrected chi connectivity index (χ3v) is 5.03. The van der Waals surface area contributed by atoms with Crippen LogP contribution in [0.1, 0.15) is 50.8 Å². The molecule has 2 aliphatic heterocycles.